The SMILES string of the molecule is O=C(CSC(F)(F)CF)NC1C(=O)N2C=CCS[C@@H]12.O=C(O)C1=CCS[C@H]2CC(=O)N12. The van der Waals surface area contributed by atoms with E-state index < -0.39 is 35.6 Å². The highest BCUT2D eigenvalue weighted by atomic mass is 32.2. The summed E-state index contributed by atoms with van der Waals surface area (Å²) in [5.41, 5.74) is 0.148. The Morgan fingerprint density at radius 2 is 2.03 bits per heavy atom. The lowest BCUT2D eigenvalue weighted by atomic mass is 10.1. The largest absolute Gasteiger partial charge is 0.477 e. The van der Waals surface area contributed by atoms with E-state index in [0.29, 0.717) is 12.2 Å². The summed E-state index contributed by atoms with van der Waals surface area (Å²) in [5, 5.41) is 7.45. The number of thioether (sulfide) groups is 3. The second kappa shape index (κ2) is 9.77. The highest BCUT2D eigenvalue weighted by Gasteiger charge is 2.48. The minimum atomic E-state index is -3.56. The van der Waals surface area contributed by atoms with Crippen LogP contribution in [-0.2, 0) is 19.2 Å². The second-order valence-electron chi connectivity index (χ2n) is 6.61. The lowest BCUT2D eigenvalue weighted by molar-refractivity contribution is -0.146. The van der Waals surface area contributed by atoms with Gasteiger partial charge in [-0.2, -0.15) is 8.78 Å². The van der Waals surface area contributed by atoms with Crippen molar-refractivity contribution in [3.8, 4) is 0 Å². The van der Waals surface area contributed by atoms with Gasteiger partial charge in [0.05, 0.1) is 17.5 Å². The molecule has 0 aromatic heterocycles. The molecule has 4 rings (SSSR count). The van der Waals surface area contributed by atoms with Crippen molar-refractivity contribution in [2.24, 2.45) is 0 Å². The Balaban J connectivity index is 0.000000194. The molecule has 4 aliphatic rings. The number of carboxylic acid groups (broad SMARTS) is 1. The van der Waals surface area contributed by atoms with Gasteiger partial charge in [-0.3, -0.25) is 19.3 Å². The van der Waals surface area contributed by atoms with Gasteiger partial charge in [0.1, 0.15) is 17.1 Å². The minimum Gasteiger partial charge on any atom is -0.477 e. The number of nitrogens with one attached hydrogen (secondary N) is 1. The number of β-lactam (4-membered cyclic amide) rings is 2. The van der Waals surface area contributed by atoms with E-state index in [4.69, 9.17) is 5.11 Å². The molecule has 3 atom stereocenters. The maximum atomic E-state index is 12.6. The van der Waals surface area contributed by atoms with Gasteiger partial charge in [-0.25, -0.2) is 9.18 Å². The summed E-state index contributed by atoms with van der Waals surface area (Å²) in [6.07, 6.45) is 5.54. The molecule has 2 fully saturated rings. The number of hydrogen-bond acceptors (Lipinski definition) is 7. The number of aliphatic carboxylic acids is 1. The number of fused-ring (bicyclic) bond motifs is 2. The van der Waals surface area contributed by atoms with Crippen LogP contribution in [0, 0.1) is 0 Å². The first-order chi connectivity index (χ1) is 14.6. The van der Waals surface area contributed by atoms with Crippen LogP contribution in [0.1, 0.15) is 6.42 Å². The number of alkyl halides is 3. The Bertz CT molecular complexity index is 841. The third-order valence-corrected chi connectivity index (χ3v) is 7.83. The molecule has 0 radical (unpaired) electrons. The summed E-state index contributed by atoms with van der Waals surface area (Å²) in [7, 11) is 0. The summed E-state index contributed by atoms with van der Waals surface area (Å²) < 4.78 is 37.1. The van der Waals surface area contributed by atoms with Crippen molar-refractivity contribution < 1.29 is 37.5 Å². The quantitative estimate of drug-likeness (QED) is 0.532. The molecular formula is C17H18F3N3O5S3. The van der Waals surface area contributed by atoms with E-state index in [0.717, 1.165) is 5.75 Å². The first kappa shape index (κ1) is 23.9. The fraction of sp³-hybridized carbons (Fsp3) is 0.529. The van der Waals surface area contributed by atoms with Crippen molar-refractivity contribution in [1.82, 2.24) is 15.1 Å². The van der Waals surface area contributed by atoms with Crippen LogP contribution >= 0.6 is 35.3 Å². The average molecular weight is 498 g/mol. The zero-order chi connectivity index (χ0) is 22.8. The van der Waals surface area contributed by atoms with Gasteiger partial charge < -0.3 is 15.3 Å². The van der Waals surface area contributed by atoms with Crippen LogP contribution in [0.5, 0.6) is 0 Å². The van der Waals surface area contributed by atoms with Crippen LogP contribution in [0.25, 0.3) is 0 Å². The van der Waals surface area contributed by atoms with E-state index >= 15 is 0 Å². The number of carbonyl (C=O) groups excluding carboxylic acids is 3. The summed E-state index contributed by atoms with van der Waals surface area (Å²) in [5.74, 6) is -1.19. The van der Waals surface area contributed by atoms with Crippen LogP contribution in [0.3, 0.4) is 0 Å². The molecule has 2 N–H and O–H groups in total. The summed E-state index contributed by atoms with van der Waals surface area (Å²) >= 11 is 3.01. The van der Waals surface area contributed by atoms with Gasteiger partial charge in [0.25, 0.3) is 5.91 Å². The van der Waals surface area contributed by atoms with E-state index in [9.17, 15) is 32.3 Å². The van der Waals surface area contributed by atoms with Crippen molar-refractivity contribution in [2.45, 2.75) is 28.5 Å². The molecular weight excluding hydrogens is 479 g/mol. The molecule has 8 nitrogen and oxygen atoms in total. The molecule has 0 bridgehead atoms. The normalized spacial score (nSPS) is 26.4. The molecule has 3 amide bonds. The van der Waals surface area contributed by atoms with Gasteiger partial charge in [0.2, 0.25) is 11.8 Å². The molecule has 31 heavy (non-hydrogen) atoms. The number of halogens is 3. The molecule has 0 saturated carbocycles. The highest BCUT2D eigenvalue weighted by molar-refractivity contribution is 8.01. The van der Waals surface area contributed by atoms with Crippen LogP contribution < -0.4 is 5.32 Å². The van der Waals surface area contributed by atoms with Gasteiger partial charge in [-0.05, 0) is 6.08 Å². The molecule has 0 aromatic rings. The van der Waals surface area contributed by atoms with E-state index in [1.54, 1.807) is 24.0 Å². The molecule has 0 spiro atoms. The van der Waals surface area contributed by atoms with Gasteiger partial charge >= 0.3 is 11.2 Å². The number of hydrogen-bond donors (Lipinski definition) is 2. The molecule has 0 aromatic carbocycles. The molecule has 14 heteroatoms. The maximum absolute atomic E-state index is 12.6. The highest BCUT2D eigenvalue weighted by Crippen LogP contribution is 2.37. The molecule has 2 saturated heterocycles. The van der Waals surface area contributed by atoms with E-state index in [1.807, 2.05) is 6.08 Å². The number of rotatable bonds is 6. The standard InChI is InChI=1S/C10H11F3N2O2S2.C7H7NO3S/c11-5-10(12,13)19-4-6(16)14-7-8(17)15-2-1-3-18-9(7)15;9-5-3-6-8(5)4(7(10)11)1-2-12-6/h1-2,7,9H,3-5H2,(H,14,16);1,6H,2-3H2,(H,10,11)/t7?,9-;6-/m00/s1. The molecule has 4 aliphatic heterocycles. The van der Waals surface area contributed by atoms with Crippen LogP contribution in [-0.4, -0.2) is 84.6 Å². The smallest absolute Gasteiger partial charge is 0.352 e. The van der Waals surface area contributed by atoms with Crippen LogP contribution in [0.2, 0.25) is 0 Å². The van der Waals surface area contributed by atoms with Gasteiger partial charge in [0.15, 0.2) is 6.67 Å². The zero-order valence-electron chi connectivity index (χ0n) is 15.8. The Morgan fingerprint density at radius 1 is 1.29 bits per heavy atom. The summed E-state index contributed by atoms with van der Waals surface area (Å²) in [6, 6.07) is -0.679. The Hall–Kier alpha value is -1.80. The number of carboxylic acids is 1. The van der Waals surface area contributed by atoms with Crippen LogP contribution in [0.15, 0.2) is 24.0 Å². The number of amides is 3. The zero-order valence-corrected chi connectivity index (χ0v) is 18.3. The summed E-state index contributed by atoms with van der Waals surface area (Å²) in [6.45, 7) is -1.82. The molecule has 170 valence electrons. The Kier molecular flexibility index (Phi) is 7.52. The minimum absolute atomic E-state index is 0.0721. The number of nitrogens with zero attached hydrogens (tertiary/aromatic N) is 2. The van der Waals surface area contributed by atoms with Gasteiger partial charge in [0, 0.05) is 17.7 Å². The van der Waals surface area contributed by atoms with Gasteiger partial charge in [-0.15, -0.1) is 23.5 Å². The second-order valence-corrected chi connectivity index (χ2v) is 10.1. The average Bonchev–Trinajstić information content (AvgIpc) is 2.75. The first-order valence-electron chi connectivity index (χ1n) is 8.99. The lowest BCUT2D eigenvalue weighted by Gasteiger charge is -2.46. The molecule has 4 heterocycles. The van der Waals surface area contributed by atoms with Crippen LogP contribution in [0.4, 0.5) is 13.2 Å². The maximum Gasteiger partial charge on any atom is 0.352 e. The van der Waals surface area contributed by atoms with Crippen molar-refractivity contribution in [2.75, 3.05) is 23.9 Å². The molecule has 0 aliphatic carbocycles. The fourth-order valence-corrected chi connectivity index (χ4v) is 5.75. The van der Waals surface area contributed by atoms with Crippen molar-refractivity contribution >= 4 is 59.0 Å². The Labute approximate surface area is 188 Å². The third kappa shape index (κ3) is 5.34. The monoisotopic (exact) mass is 497 g/mol. The Morgan fingerprint density at radius 3 is 2.65 bits per heavy atom. The third-order valence-electron chi connectivity index (χ3n) is 4.55. The van der Waals surface area contributed by atoms with E-state index in [-0.39, 0.29) is 40.0 Å². The predicted molar refractivity (Wildman–Crippen MR) is 111 cm³/mol. The van der Waals surface area contributed by atoms with Gasteiger partial charge in [-0.1, -0.05) is 17.8 Å². The van der Waals surface area contributed by atoms with Crippen molar-refractivity contribution in [1.29, 1.82) is 0 Å². The fourth-order valence-electron chi connectivity index (χ4n) is 3.03. The van der Waals surface area contributed by atoms with Crippen molar-refractivity contribution in [3.63, 3.8) is 0 Å². The van der Waals surface area contributed by atoms with E-state index in [1.165, 1.54) is 21.6 Å². The first-order valence-corrected chi connectivity index (χ1v) is 12.1. The predicted octanol–water partition coefficient (Wildman–Crippen LogP) is 1.46. The topological polar surface area (TPSA) is 107 Å². The van der Waals surface area contributed by atoms with Crippen molar-refractivity contribution in [3.05, 3.63) is 24.0 Å². The lowest BCUT2D eigenvalue weighted by Crippen LogP contribution is -2.68. The van der Waals surface area contributed by atoms with E-state index in [2.05, 4.69) is 5.32 Å². The summed E-state index contributed by atoms with van der Waals surface area (Å²) in [4.78, 5) is 47.5. The number of carbonyl (C=O) groups is 4. The molecule has 1 unspecified atom stereocenters.